The van der Waals surface area contributed by atoms with Gasteiger partial charge in [-0.3, -0.25) is 0 Å². The molecule has 0 bridgehead atoms. The summed E-state index contributed by atoms with van der Waals surface area (Å²) in [6, 6.07) is 7.41. The first-order chi connectivity index (χ1) is 7.16. The van der Waals surface area contributed by atoms with Crippen molar-refractivity contribution in [1.29, 1.82) is 0 Å². The van der Waals surface area contributed by atoms with E-state index in [9.17, 15) is 0 Å². The van der Waals surface area contributed by atoms with Gasteiger partial charge in [-0.25, -0.2) is 4.98 Å². The van der Waals surface area contributed by atoms with Crippen LogP contribution in [0.1, 0.15) is 13.8 Å². The highest BCUT2D eigenvalue weighted by Gasteiger charge is 2.01. The highest BCUT2D eigenvalue weighted by Crippen LogP contribution is 2.24. The Labute approximate surface area is 103 Å². The Morgan fingerprint density at radius 1 is 1.27 bits per heavy atom. The number of aromatic nitrogens is 1. The molecule has 1 aromatic carbocycles. The first-order valence-corrected chi connectivity index (χ1v) is 5.85. The zero-order chi connectivity index (χ0) is 11.4. The Bertz CT molecular complexity index is 471. The molecule has 2 N–H and O–H groups in total. The van der Waals surface area contributed by atoms with E-state index < -0.39 is 0 Å². The molecule has 0 aliphatic heterocycles. The molecule has 0 atom stereocenters. The number of fused-ring (bicyclic) bond motifs is 1. The number of anilines is 1. The normalized spacial score (nSPS) is 9.60. The number of hydrogen-bond donors (Lipinski definition) is 1. The largest absolute Gasteiger partial charge is 0.383 e. The van der Waals surface area contributed by atoms with Gasteiger partial charge in [-0.05, 0) is 40.2 Å². The van der Waals surface area contributed by atoms with Crippen LogP contribution in [0.4, 0.5) is 5.82 Å². The summed E-state index contributed by atoms with van der Waals surface area (Å²) in [5.74, 6) is 0.495. The number of hydrogen-bond acceptors (Lipinski definition) is 2. The Balaban J connectivity index is 0.000000531. The van der Waals surface area contributed by atoms with Crippen LogP contribution in [-0.4, -0.2) is 4.98 Å². The monoisotopic (exact) mass is 286 g/mol. The fraction of sp³-hybridized carbons (Fsp3) is 0.182. The van der Waals surface area contributed by atoms with Crippen molar-refractivity contribution in [3.8, 4) is 0 Å². The van der Waals surface area contributed by atoms with E-state index in [2.05, 4.69) is 20.9 Å². The van der Waals surface area contributed by atoms with Gasteiger partial charge in [0.05, 0.1) is 9.99 Å². The molecule has 0 saturated heterocycles. The van der Waals surface area contributed by atoms with Gasteiger partial charge in [0.15, 0.2) is 0 Å². The van der Waals surface area contributed by atoms with E-state index in [-0.39, 0.29) is 0 Å². The van der Waals surface area contributed by atoms with Crippen molar-refractivity contribution in [2.24, 2.45) is 0 Å². The fourth-order valence-electron chi connectivity index (χ4n) is 1.14. The molecule has 4 heteroatoms. The molecule has 1 heterocycles. The van der Waals surface area contributed by atoms with Gasteiger partial charge in [0.1, 0.15) is 5.82 Å². The molecule has 0 fully saturated rings. The lowest BCUT2D eigenvalue weighted by Gasteiger charge is -2.01. The van der Waals surface area contributed by atoms with Crippen LogP contribution in [0.5, 0.6) is 0 Å². The summed E-state index contributed by atoms with van der Waals surface area (Å²) in [5.41, 5.74) is 6.48. The molecule has 0 unspecified atom stereocenters. The number of nitrogens with two attached hydrogens (primary N) is 1. The van der Waals surface area contributed by atoms with Gasteiger partial charge in [0.25, 0.3) is 0 Å². The molecule has 0 aliphatic carbocycles. The van der Waals surface area contributed by atoms with Crippen molar-refractivity contribution in [3.63, 3.8) is 0 Å². The lowest BCUT2D eigenvalue weighted by Crippen LogP contribution is -1.91. The van der Waals surface area contributed by atoms with Gasteiger partial charge >= 0.3 is 0 Å². The average Bonchev–Trinajstić information content (AvgIpc) is 2.23. The Kier molecular flexibility index (Phi) is 4.36. The van der Waals surface area contributed by atoms with Gasteiger partial charge in [-0.15, -0.1) is 0 Å². The molecule has 0 saturated carbocycles. The SMILES string of the molecule is CC.Nc1nc2ccc(Cl)cc2cc1Br. The zero-order valence-corrected chi connectivity index (χ0v) is 10.9. The number of halogens is 2. The van der Waals surface area contributed by atoms with Gasteiger partial charge in [0, 0.05) is 10.4 Å². The minimum atomic E-state index is 0.495. The summed E-state index contributed by atoms with van der Waals surface area (Å²) in [5, 5.41) is 1.68. The quantitative estimate of drug-likeness (QED) is 0.786. The van der Waals surface area contributed by atoms with Crippen molar-refractivity contribution in [2.75, 3.05) is 5.73 Å². The van der Waals surface area contributed by atoms with Crippen molar-refractivity contribution in [2.45, 2.75) is 13.8 Å². The summed E-state index contributed by atoms with van der Waals surface area (Å²) in [6.45, 7) is 4.00. The van der Waals surface area contributed by atoms with E-state index in [0.29, 0.717) is 10.8 Å². The smallest absolute Gasteiger partial charge is 0.138 e. The van der Waals surface area contributed by atoms with E-state index in [1.807, 2.05) is 32.0 Å². The van der Waals surface area contributed by atoms with Gasteiger partial charge in [0.2, 0.25) is 0 Å². The van der Waals surface area contributed by atoms with Crippen LogP contribution in [0.15, 0.2) is 28.7 Å². The van der Waals surface area contributed by atoms with Crippen LogP contribution in [0.2, 0.25) is 5.02 Å². The minimum absolute atomic E-state index is 0.495. The van der Waals surface area contributed by atoms with Crippen molar-refractivity contribution < 1.29 is 0 Å². The fourth-order valence-corrected chi connectivity index (χ4v) is 1.65. The lowest BCUT2D eigenvalue weighted by atomic mass is 10.2. The maximum atomic E-state index is 5.84. The van der Waals surface area contributed by atoms with Crippen LogP contribution in [0.25, 0.3) is 10.9 Å². The molecule has 0 aliphatic rings. The molecule has 0 amide bonds. The van der Waals surface area contributed by atoms with Crippen molar-refractivity contribution in [3.05, 3.63) is 33.8 Å². The minimum Gasteiger partial charge on any atom is -0.383 e. The third kappa shape index (κ3) is 2.83. The number of nitrogen functional groups attached to an aromatic ring is 1. The maximum absolute atomic E-state index is 5.84. The predicted molar refractivity (Wildman–Crippen MR) is 70.2 cm³/mol. The van der Waals surface area contributed by atoms with Crippen LogP contribution in [-0.2, 0) is 0 Å². The van der Waals surface area contributed by atoms with E-state index in [0.717, 1.165) is 15.4 Å². The third-order valence-corrected chi connectivity index (χ3v) is 2.63. The zero-order valence-electron chi connectivity index (χ0n) is 8.59. The van der Waals surface area contributed by atoms with Gasteiger partial charge in [-0.1, -0.05) is 25.4 Å². The van der Waals surface area contributed by atoms with E-state index >= 15 is 0 Å². The van der Waals surface area contributed by atoms with Gasteiger partial charge in [-0.2, -0.15) is 0 Å². The molecule has 2 nitrogen and oxygen atoms in total. The van der Waals surface area contributed by atoms with Crippen LogP contribution < -0.4 is 5.73 Å². The van der Waals surface area contributed by atoms with E-state index in [1.54, 1.807) is 6.07 Å². The molecule has 1 aromatic heterocycles. The molecule has 2 rings (SSSR count). The first kappa shape index (κ1) is 12.3. The van der Waals surface area contributed by atoms with Crippen molar-refractivity contribution >= 4 is 44.3 Å². The van der Waals surface area contributed by atoms with Crippen molar-refractivity contribution in [1.82, 2.24) is 4.98 Å². The highest BCUT2D eigenvalue weighted by atomic mass is 79.9. The second-order valence-corrected chi connectivity index (χ2v) is 3.98. The van der Waals surface area contributed by atoms with E-state index in [4.69, 9.17) is 17.3 Å². The third-order valence-electron chi connectivity index (χ3n) is 1.76. The van der Waals surface area contributed by atoms with Crippen LogP contribution >= 0.6 is 27.5 Å². The molecule has 80 valence electrons. The molecule has 0 spiro atoms. The lowest BCUT2D eigenvalue weighted by molar-refractivity contribution is 1.39. The van der Waals surface area contributed by atoms with Gasteiger partial charge < -0.3 is 5.73 Å². The summed E-state index contributed by atoms with van der Waals surface area (Å²) in [4.78, 5) is 4.19. The maximum Gasteiger partial charge on any atom is 0.138 e. The summed E-state index contributed by atoms with van der Waals surface area (Å²) in [6.07, 6.45) is 0. The first-order valence-electron chi connectivity index (χ1n) is 4.68. The van der Waals surface area contributed by atoms with Crippen LogP contribution in [0, 0.1) is 0 Å². The topological polar surface area (TPSA) is 38.9 Å². The average molecular weight is 288 g/mol. The predicted octanol–water partition coefficient (Wildman–Crippen LogP) is 4.26. The Hall–Kier alpha value is -0.800. The molecule has 15 heavy (non-hydrogen) atoms. The molecule has 0 radical (unpaired) electrons. The Morgan fingerprint density at radius 3 is 2.60 bits per heavy atom. The molecular weight excluding hydrogens is 275 g/mol. The number of pyridine rings is 1. The Morgan fingerprint density at radius 2 is 1.93 bits per heavy atom. The number of nitrogens with zero attached hydrogens (tertiary/aromatic N) is 1. The summed E-state index contributed by atoms with van der Waals surface area (Å²) in [7, 11) is 0. The number of rotatable bonds is 0. The number of benzene rings is 1. The van der Waals surface area contributed by atoms with E-state index in [1.165, 1.54) is 0 Å². The second-order valence-electron chi connectivity index (χ2n) is 2.69. The standard InChI is InChI=1S/C9H6BrClN2.C2H6/c10-7-4-5-3-6(11)1-2-8(5)13-9(7)12;1-2/h1-4H,(H2,12,13);1-2H3. The van der Waals surface area contributed by atoms with Crippen LogP contribution in [0.3, 0.4) is 0 Å². The molecule has 2 aromatic rings. The molecular formula is C11H12BrClN2. The second kappa shape index (κ2) is 5.33. The highest BCUT2D eigenvalue weighted by molar-refractivity contribution is 9.10. The summed E-state index contributed by atoms with van der Waals surface area (Å²) < 4.78 is 0.794. The summed E-state index contributed by atoms with van der Waals surface area (Å²) >= 11 is 9.15.